The molecule has 0 aliphatic rings. The maximum atomic E-state index is 9.19. The minimum absolute atomic E-state index is 0.132. The molecule has 0 atom stereocenters. The minimum atomic E-state index is -0.132. The van der Waals surface area contributed by atoms with E-state index >= 15 is 0 Å². The molecule has 0 aliphatic heterocycles. The number of hydrogen-bond donors (Lipinski definition) is 1. The fourth-order valence-corrected chi connectivity index (χ4v) is 1.17. The molecule has 0 unspecified atom stereocenters. The van der Waals surface area contributed by atoms with E-state index in [1.165, 1.54) is 0 Å². The second-order valence-electron chi connectivity index (χ2n) is 3.73. The summed E-state index contributed by atoms with van der Waals surface area (Å²) >= 11 is 0. The Morgan fingerprint density at radius 3 is 2.81 bits per heavy atom. The van der Waals surface area contributed by atoms with Crippen molar-refractivity contribution >= 4 is 0 Å². The first-order valence-electron chi connectivity index (χ1n) is 5.39. The lowest BCUT2D eigenvalue weighted by Crippen LogP contribution is -2.05. The molecule has 0 spiro atoms. The first-order chi connectivity index (χ1) is 7.69. The average Bonchev–Trinajstić information content (AvgIpc) is 2.29. The normalized spacial score (nSPS) is 11.3. The zero-order valence-electron chi connectivity index (χ0n) is 9.97. The van der Waals surface area contributed by atoms with E-state index in [0.29, 0.717) is 18.1 Å². The zero-order chi connectivity index (χ0) is 12.0. The second kappa shape index (κ2) is 6.23. The molecule has 1 aromatic rings. The molecule has 16 heavy (non-hydrogen) atoms. The number of allylic oxidation sites excluding steroid dienone is 1. The Morgan fingerprint density at radius 2 is 2.25 bits per heavy atom. The number of aliphatic hydroxyl groups excluding tert-OH is 1. The molecule has 1 aromatic heterocycles. The zero-order valence-corrected chi connectivity index (χ0v) is 9.97. The molecule has 4 nitrogen and oxygen atoms in total. The molecule has 4 heteroatoms. The van der Waals surface area contributed by atoms with Gasteiger partial charge < -0.3 is 9.84 Å². The lowest BCUT2D eigenvalue weighted by molar-refractivity contribution is 0.262. The maximum absolute atomic E-state index is 9.19. The smallest absolute Gasteiger partial charge is 0.161 e. The Balaban J connectivity index is 2.84. The van der Waals surface area contributed by atoms with E-state index in [2.05, 4.69) is 9.97 Å². The van der Waals surface area contributed by atoms with Crippen LogP contribution >= 0.6 is 0 Å². The number of aromatic nitrogens is 2. The third-order valence-corrected chi connectivity index (χ3v) is 2.08. The van der Waals surface area contributed by atoms with Crippen LogP contribution in [-0.2, 0) is 6.61 Å². The van der Waals surface area contributed by atoms with Gasteiger partial charge in [0.1, 0.15) is 18.1 Å². The van der Waals surface area contributed by atoms with Gasteiger partial charge in [-0.3, -0.25) is 0 Å². The van der Waals surface area contributed by atoms with Crippen LogP contribution in [0.2, 0.25) is 0 Å². The van der Waals surface area contributed by atoms with Gasteiger partial charge >= 0.3 is 0 Å². The van der Waals surface area contributed by atoms with Crippen molar-refractivity contribution in [3.8, 4) is 5.75 Å². The fraction of sp³-hybridized carbons (Fsp3) is 0.500. The topological polar surface area (TPSA) is 55.2 Å². The van der Waals surface area contributed by atoms with Crippen molar-refractivity contribution in [1.29, 1.82) is 0 Å². The summed E-state index contributed by atoms with van der Waals surface area (Å²) in [6.07, 6.45) is 5.41. The second-order valence-corrected chi connectivity index (χ2v) is 3.73. The monoisotopic (exact) mass is 222 g/mol. The summed E-state index contributed by atoms with van der Waals surface area (Å²) in [5, 5.41) is 9.19. The largest absolute Gasteiger partial charge is 0.486 e. The van der Waals surface area contributed by atoms with Gasteiger partial charge in [0, 0.05) is 5.92 Å². The van der Waals surface area contributed by atoms with Crippen LogP contribution in [-0.4, -0.2) is 21.7 Å². The lowest BCUT2D eigenvalue weighted by Gasteiger charge is -2.10. The van der Waals surface area contributed by atoms with Gasteiger partial charge in [-0.1, -0.05) is 26.0 Å². The molecule has 0 saturated carbocycles. The van der Waals surface area contributed by atoms with E-state index < -0.39 is 0 Å². The molecule has 0 bridgehead atoms. The van der Waals surface area contributed by atoms with Crippen LogP contribution in [0.4, 0.5) is 0 Å². The van der Waals surface area contributed by atoms with Gasteiger partial charge in [0.15, 0.2) is 5.75 Å². The van der Waals surface area contributed by atoms with Crippen molar-refractivity contribution in [3.63, 3.8) is 0 Å². The van der Waals surface area contributed by atoms with Crippen LogP contribution in [0.15, 0.2) is 18.3 Å². The number of nitrogens with zero attached hydrogens (tertiary/aromatic N) is 2. The molecule has 0 aliphatic carbocycles. The highest BCUT2D eigenvalue weighted by molar-refractivity contribution is 5.25. The van der Waals surface area contributed by atoms with E-state index in [-0.39, 0.29) is 12.5 Å². The predicted octanol–water partition coefficient (Wildman–Crippen LogP) is 2.05. The van der Waals surface area contributed by atoms with Gasteiger partial charge in [0.2, 0.25) is 0 Å². The quantitative estimate of drug-likeness (QED) is 0.775. The number of rotatable bonds is 5. The molecule has 1 rings (SSSR count). The average molecular weight is 222 g/mol. The molecule has 0 radical (unpaired) electrons. The van der Waals surface area contributed by atoms with Crippen LogP contribution < -0.4 is 4.74 Å². The van der Waals surface area contributed by atoms with Crippen molar-refractivity contribution < 1.29 is 9.84 Å². The van der Waals surface area contributed by atoms with Gasteiger partial charge in [-0.05, 0) is 6.92 Å². The SMILES string of the molecule is CC=CCOc1cnc(C(C)C)nc1CO. The lowest BCUT2D eigenvalue weighted by atomic mass is 10.2. The van der Waals surface area contributed by atoms with Gasteiger partial charge in [-0.15, -0.1) is 0 Å². The molecule has 88 valence electrons. The first kappa shape index (κ1) is 12.6. The first-order valence-corrected chi connectivity index (χ1v) is 5.39. The molecule has 0 aromatic carbocycles. The van der Waals surface area contributed by atoms with Crippen molar-refractivity contribution in [2.24, 2.45) is 0 Å². The molecule has 0 saturated heterocycles. The Kier molecular flexibility index (Phi) is 4.92. The summed E-state index contributed by atoms with van der Waals surface area (Å²) in [5.41, 5.74) is 0.545. The third kappa shape index (κ3) is 3.31. The van der Waals surface area contributed by atoms with Crippen molar-refractivity contribution in [2.45, 2.75) is 33.3 Å². The van der Waals surface area contributed by atoms with E-state index in [4.69, 9.17) is 4.74 Å². The Bertz CT molecular complexity index is 362. The number of aliphatic hydroxyl groups is 1. The van der Waals surface area contributed by atoms with Crippen molar-refractivity contribution in [2.75, 3.05) is 6.61 Å². The Labute approximate surface area is 96.0 Å². The summed E-state index contributed by atoms with van der Waals surface area (Å²) < 4.78 is 5.43. The molecular weight excluding hydrogens is 204 g/mol. The molecule has 1 N–H and O–H groups in total. The highest BCUT2D eigenvalue weighted by Gasteiger charge is 2.09. The van der Waals surface area contributed by atoms with Crippen LogP contribution in [0.3, 0.4) is 0 Å². The van der Waals surface area contributed by atoms with Crippen LogP contribution in [0.25, 0.3) is 0 Å². The minimum Gasteiger partial charge on any atom is -0.486 e. The summed E-state index contributed by atoms with van der Waals surface area (Å²) in [4.78, 5) is 8.45. The highest BCUT2D eigenvalue weighted by atomic mass is 16.5. The van der Waals surface area contributed by atoms with E-state index in [9.17, 15) is 5.11 Å². The molecular formula is C12H18N2O2. The molecule has 0 amide bonds. The summed E-state index contributed by atoms with van der Waals surface area (Å²) in [5.74, 6) is 1.52. The van der Waals surface area contributed by atoms with Crippen molar-refractivity contribution in [1.82, 2.24) is 9.97 Å². The van der Waals surface area contributed by atoms with E-state index in [0.717, 1.165) is 5.82 Å². The van der Waals surface area contributed by atoms with Gasteiger partial charge in [0.25, 0.3) is 0 Å². The summed E-state index contributed by atoms with van der Waals surface area (Å²) in [6.45, 7) is 6.28. The molecule has 1 heterocycles. The van der Waals surface area contributed by atoms with E-state index in [1.807, 2.05) is 32.9 Å². The van der Waals surface area contributed by atoms with Gasteiger partial charge in [-0.2, -0.15) is 0 Å². The number of ether oxygens (including phenoxy) is 1. The predicted molar refractivity (Wildman–Crippen MR) is 62.4 cm³/mol. The van der Waals surface area contributed by atoms with Gasteiger partial charge in [0.05, 0.1) is 12.8 Å². The Morgan fingerprint density at radius 1 is 1.50 bits per heavy atom. The van der Waals surface area contributed by atoms with Crippen LogP contribution in [0.1, 0.15) is 38.2 Å². The maximum Gasteiger partial charge on any atom is 0.161 e. The highest BCUT2D eigenvalue weighted by Crippen LogP contribution is 2.18. The Hall–Kier alpha value is -1.42. The van der Waals surface area contributed by atoms with Crippen LogP contribution in [0.5, 0.6) is 5.75 Å². The van der Waals surface area contributed by atoms with E-state index in [1.54, 1.807) is 6.20 Å². The fourth-order valence-electron chi connectivity index (χ4n) is 1.17. The molecule has 0 fully saturated rings. The third-order valence-electron chi connectivity index (χ3n) is 2.08. The van der Waals surface area contributed by atoms with Gasteiger partial charge in [-0.25, -0.2) is 9.97 Å². The van der Waals surface area contributed by atoms with Crippen molar-refractivity contribution in [3.05, 3.63) is 29.9 Å². The number of hydrogen-bond acceptors (Lipinski definition) is 4. The summed E-state index contributed by atoms with van der Waals surface area (Å²) in [7, 11) is 0. The van der Waals surface area contributed by atoms with Crippen LogP contribution in [0, 0.1) is 0 Å². The summed E-state index contributed by atoms with van der Waals surface area (Å²) in [6, 6.07) is 0. The standard InChI is InChI=1S/C12H18N2O2/c1-4-5-6-16-11-7-13-12(9(2)3)14-10(11)8-15/h4-5,7,9,15H,6,8H2,1-3H3.